The third-order valence-corrected chi connectivity index (χ3v) is 3.99. The van der Waals surface area contributed by atoms with Crippen molar-refractivity contribution in [1.82, 2.24) is 4.98 Å². The second-order valence-electron chi connectivity index (χ2n) is 3.16. The van der Waals surface area contributed by atoms with Gasteiger partial charge in [-0.15, -0.1) is 0 Å². The lowest BCUT2D eigenvalue weighted by atomic mass is 10.5. The van der Waals surface area contributed by atoms with Crippen LogP contribution in [0, 0.1) is 11.3 Å². The van der Waals surface area contributed by atoms with Crippen molar-refractivity contribution >= 4 is 37.9 Å². The number of sulfone groups is 1. The lowest BCUT2D eigenvalue weighted by Gasteiger charge is -2.00. The topological polar surface area (TPSA) is 82.8 Å². The third-order valence-electron chi connectivity index (χ3n) is 1.66. The number of hydrogen-bond acceptors (Lipinski definition) is 6. The summed E-state index contributed by atoms with van der Waals surface area (Å²) < 4.78 is 21.7. The zero-order valence-corrected chi connectivity index (χ0v) is 10.9. The zero-order chi connectivity index (χ0) is 12.2. The van der Waals surface area contributed by atoms with Gasteiger partial charge in [0, 0.05) is 12.8 Å². The summed E-state index contributed by atoms with van der Waals surface area (Å²) in [7, 11) is -2.92. The maximum Gasteiger partial charge on any atom is 0.185 e. The predicted molar refractivity (Wildman–Crippen MR) is 64.7 cm³/mol. The third kappa shape index (κ3) is 4.35. The van der Waals surface area contributed by atoms with E-state index in [-0.39, 0.29) is 10.9 Å². The molecule has 0 amide bonds. The van der Waals surface area contributed by atoms with Gasteiger partial charge in [0.1, 0.15) is 20.8 Å². The highest BCUT2D eigenvalue weighted by molar-refractivity contribution is 7.90. The molecule has 5 nitrogen and oxygen atoms in total. The molecule has 0 radical (unpaired) electrons. The molecule has 8 heteroatoms. The van der Waals surface area contributed by atoms with Crippen LogP contribution in [-0.4, -0.2) is 32.0 Å². The highest BCUT2D eigenvalue weighted by Gasteiger charge is 2.08. The molecule has 0 saturated heterocycles. The number of nitrogens with zero attached hydrogens (tertiary/aromatic N) is 2. The van der Waals surface area contributed by atoms with E-state index in [9.17, 15) is 8.42 Å². The number of thiazole rings is 1. The largest absolute Gasteiger partial charge is 0.361 e. The van der Waals surface area contributed by atoms with Crippen molar-refractivity contribution < 1.29 is 8.42 Å². The van der Waals surface area contributed by atoms with Gasteiger partial charge in [-0.25, -0.2) is 13.4 Å². The number of nitriles is 1. The quantitative estimate of drug-likeness (QED) is 0.826. The molecule has 1 aromatic heterocycles. The first kappa shape index (κ1) is 13.2. The molecule has 0 aliphatic heterocycles. The Bertz CT molecular complexity index is 504. The molecule has 0 aromatic carbocycles. The van der Waals surface area contributed by atoms with Crippen molar-refractivity contribution in [2.45, 2.75) is 6.42 Å². The molecule has 0 aliphatic rings. The number of anilines is 1. The lowest BCUT2D eigenvalue weighted by molar-refractivity contribution is 0.600. The van der Waals surface area contributed by atoms with Gasteiger partial charge in [0.25, 0.3) is 0 Å². The highest BCUT2D eigenvalue weighted by Crippen LogP contribution is 2.25. The van der Waals surface area contributed by atoms with Crippen LogP contribution < -0.4 is 5.32 Å². The average molecular weight is 280 g/mol. The van der Waals surface area contributed by atoms with E-state index in [2.05, 4.69) is 10.3 Å². The first-order chi connectivity index (χ1) is 7.42. The molecule has 0 aliphatic carbocycles. The van der Waals surface area contributed by atoms with Crippen LogP contribution in [0.25, 0.3) is 0 Å². The lowest BCUT2D eigenvalue weighted by Crippen LogP contribution is -2.09. The van der Waals surface area contributed by atoms with Crippen LogP contribution in [0.4, 0.5) is 5.13 Å². The Morgan fingerprint density at radius 2 is 2.31 bits per heavy atom. The summed E-state index contributed by atoms with van der Waals surface area (Å²) in [5, 5.41) is 12.3. The van der Waals surface area contributed by atoms with Crippen LogP contribution in [0.2, 0.25) is 5.15 Å². The summed E-state index contributed by atoms with van der Waals surface area (Å²) in [5.74, 6) is 0.129. The second kappa shape index (κ2) is 5.48. The Kier molecular flexibility index (Phi) is 4.53. The molecule has 0 fully saturated rings. The van der Waals surface area contributed by atoms with E-state index in [1.165, 1.54) is 6.26 Å². The first-order valence-corrected chi connectivity index (χ1v) is 7.66. The minimum atomic E-state index is -2.92. The average Bonchev–Trinajstić information content (AvgIpc) is 2.52. The minimum Gasteiger partial charge on any atom is -0.361 e. The van der Waals surface area contributed by atoms with Crippen molar-refractivity contribution in [2.75, 3.05) is 23.9 Å². The van der Waals surface area contributed by atoms with Crippen molar-refractivity contribution in [3.63, 3.8) is 0 Å². The summed E-state index contributed by atoms with van der Waals surface area (Å²) in [6.45, 7) is 0.488. The van der Waals surface area contributed by atoms with Crippen LogP contribution >= 0.6 is 22.9 Å². The molecule has 0 atom stereocenters. The Morgan fingerprint density at radius 1 is 1.62 bits per heavy atom. The van der Waals surface area contributed by atoms with Crippen molar-refractivity contribution in [3.05, 3.63) is 10.0 Å². The molecule has 88 valence electrons. The molecular formula is C8H10ClN3O2S2. The van der Waals surface area contributed by atoms with E-state index in [0.29, 0.717) is 23.0 Å². The van der Waals surface area contributed by atoms with E-state index >= 15 is 0 Å². The second-order valence-corrected chi connectivity index (χ2v) is 6.78. The SMILES string of the molecule is CS(=O)(=O)CCCNc1nc(Cl)c(C#N)s1. The fraction of sp³-hybridized carbons (Fsp3) is 0.500. The van der Waals surface area contributed by atoms with Gasteiger partial charge in [-0.2, -0.15) is 5.26 Å². The van der Waals surface area contributed by atoms with Gasteiger partial charge < -0.3 is 5.32 Å². The number of aromatic nitrogens is 1. The Balaban J connectivity index is 2.41. The predicted octanol–water partition coefficient (Wildman–Crippen LogP) is 1.51. The summed E-state index contributed by atoms with van der Waals surface area (Å²) in [6.07, 6.45) is 1.69. The van der Waals surface area contributed by atoms with E-state index in [1.54, 1.807) is 0 Å². The molecular weight excluding hydrogens is 270 g/mol. The summed E-state index contributed by atoms with van der Waals surface area (Å²) in [4.78, 5) is 4.27. The summed E-state index contributed by atoms with van der Waals surface area (Å²) >= 11 is 6.82. The summed E-state index contributed by atoms with van der Waals surface area (Å²) in [5.41, 5.74) is 0. The van der Waals surface area contributed by atoms with E-state index in [4.69, 9.17) is 16.9 Å². The van der Waals surface area contributed by atoms with Gasteiger partial charge in [-0.3, -0.25) is 0 Å². The summed E-state index contributed by atoms with van der Waals surface area (Å²) in [6, 6.07) is 1.92. The maximum absolute atomic E-state index is 10.8. The van der Waals surface area contributed by atoms with E-state index in [1.807, 2.05) is 6.07 Å². The van der Waals surface area contributed by atoms with Crippen LogP contribution in [0.1, 0.15) is 11.3 Å². The van der Waals surface area contributed by atoms with Gasteiger partial charge in [0.15, 0.2) is 10.3 Å². The Labute approximate surface area is 103 Å². The van der Waals surface area contributed by atoms with Crippen molar-refractivity contribution in [3.8, 4) is 6.07 Å². The first-order valence-electron chi connectivity index (χ1n) is 4.40. The standard InChI is InChI=1S/C8H10ClN3O2S2/c1-16(13,14)4-2-3-11-8-12-7(9)6(5-10)15-8/h2-4H2,1H3,(H,11,12). The normalized spacial score (nSPS) is 11.1. The van der Waals surface area contributed by atoms with Gasteiger partial charge in [-0.1, -0.05) is 22.9 Å². The maximum atomic E-state index is 10.8. The van der Waals surface area contributed by atoms with Gasteiger partial charge in [-0.05, 0) is 6.42 Å². The number of halogens is 1. The Hall–Kier alpha value is -0.840. The number of nitrogens with one attached hydrogen (secondary N) is 1. The molecule has 0 bridgehead atoms. The van der Waals surface area contributed by atoms with E-state index in [0.717, 1.165) is 11.3 Å². The monoisotopic (exact) mass is 279 g/mol. The van der Waals surface area contributed by atoms with Gasteiger partial charge >= 0.3 is 0 Å². The Morgan fingerprint density at radius 3 is 2.81 bits per heavy atom. The molecule has 16 heavy (non-hydrogen) atoms. The van der Waals surface area contributed by atoms with Crippen molar-refractivity contribution in [2.24, 2.45) is 0 Å². The highest BCUT2D eigenvalue weighted by atomic mass is 35.5. The van der Waals surface area contributed by atoms with E-state index < -0.39 is 9.84 Å². The molecule has 1 heterocycles. The molecule has 0 saturated carbocycles. The van der Waals surface area contributed by atoms with Gasteiger partial charge in [0.2, 0.25) is 0 Å². The van der Waals surface area contributed by atoms with Crippen LogP contribution in [0.5, 0.6) is 0 Å². The molecule has 1 N–H and O–H groups in total. The fourth-order valence-corrected chi connectivity index (χ4v) is 2.62. The number of hydrogen-bond donors (Lipinski definition) is 1. The number of rotatable bonds is 5. The zero-order valence-electron chi connectivity index (χ0n) is 8.53. The van der Waals surface area contributed by atoms with Crippen LogP contribution in [-0.2, 0) is 9.84 Å². The fourth-order valence-electron chi connectivity index (χ4n) is 0.976. The van der Waals surface area contributed by atoms with Gasteiger partial charge in [0.05, 0.1) is 5.75 Å². The van der Waals surface area contributed by atoms with Crippen molar-refractivity contribution in [1.29, 1.82) is 5.26 Å². The van der Waals surface area contributed by atoms with Crippen LogP contribution in [0.3, 0.4) is 0 Å². The molecule has 0 unspecified atom stereocenters. The molecule has 1 aromatic rings. The molecule has 0 spiro atoms. The minimum absolute atomic E-state index is 0.129. The smallest absolute Gasteiger partial charge is 0.185 e. The molecule has 1 rings (SSSR count). The van der Waals surface area contributed by atoms with Crippen LogP contribution in [0.15, 0.2) is 0 Å².